The molecule has 6 nitrogen and oxygen atoms in total. The third kappa shape index (κ3) is 6.08. The van der Waals surface area contributed by atoms with Gasteiger partial charge in [-0.15, -0.1) is 0 Å². The standard InChI is InChI=1S/C15H27N5O/c1-5-8-20(9-6-2)14-12-17-13(11-18-14)15(21)16-7-10-19(3)4/h11-12H,5-10H2,1-4H3,(H,16,21). The van der Waals surface area contributed by atoms with Gasteiger partial charge < -0.3 is 15.1 Å². The summed E-state index contributed by atoms with van der Waals surface area (Å²) in [5, 5.41) is 2.83. The highest BCUT2D eigenvalue weighted by Gasteiger charge is 2.10. The van der Waals surface area contributed by atoms with Crippen molar-refractivity contribution >= 4 is 11.7 Å². The molecule has 1 amide bonds. The molecule has 0 radical (unpaired) electrons. The van der Waals surface area contributed by atoms with E-state index in [0.717, 1.165) is 38.3 Å². The van der Waals surface area contributed by atoms with Crippen LogP contribution < -0.4 is 10.2 Å². The molecule has 0 aliphatic rings. The van der Waals surface area contributed by atoms with Crippen molar-refractivity contribution in [2.24, 2.45) is 0 Å². The molecule has 0 saturated carbocycles. The third-order valence-electron chi connectivity index (χ3n) is 3.03. The van der Waals surface area contributed by atoms with Gasteiger partial charge in [0.2, 0.25) is 0 Å². The SMILES string of the molecule is CCCN(CCC)c1cnc(C(=O)NCCN(C)C)cn1. The first-order chi connectivity index (χ1) is 10.1. The maximum absolute atomic E-state index is 11.9. The van der Waals surface area contributed by atoms with Gasteiger partial charge in [-0.1, -0.05) is 13.8 Å². The van der Waals surface area contributed by atoms with E-state index >= 15 is 0 Å². The van der Waals surface area contributed by atoms with Crippen LogP contribution in [-0.2, 0) is 0 Å². The second kappa shape index (κ2) is 9.28. The Hall–Kier alpha value is -1.69. The number of aromatic nitrogens is 2. The zero-order valence-corrected chi connectivity index (χ0v) is 13.6. The average Bonchev–Trinajstić information content (AvgIpc) is 2.47. The molecule has 1 rings (SSSR count). The van der Waals surface area contributed by atoms with E-state index in [2.05, 4.69) is 34.0 Å². The molecule has 1 aromatic heterocycles. The number of amides is 1. The summed E-state index contributed by atoms with van der Waals surface area (Å²) in [6.45, 7) is 7.60. The van der Waals surface area contributed by atoms with Crippen molar-refractivity contribution in [1.82, 2.24) is 20.2 Å². The minimum Gasteiger partial charge on any atom is -0.355 e. The fraction of sp³-hybridized carbons (Fsp3) is 0.667. The molecular weight excluding hydrogens is 266 g/mol. The van der Waals surface area contributed by atoms with Crippen LogP contribution in [0, 0.1) is 0 Å². The maximum atomic E-state index is 11.9. The van der Waals surface area contributed by atoms with E-state index in [1.165, 1.54) is 0 Å². The summed E-state index contributed by atoms with van der Waals surface area (Å²) in [5.41, 5.74) is 0.366. The molecule has 6 heteroatoms. The van der Waals surface area contributed by atoms with Crippen molar-refractivity contribution in [3.63, 3.8) is 0 Å². The lowest BCUT2D eigenvalue weighted by atomic mass is 10.3. The van der Waals surface area contributed by atoms with Crippen LogP contribution in [0.2, 0.25) is 0 Å². The second-order valence-electron chi connectivity index (χ2n) is 5.31. The Bertz CT molecular complexity index is 413. The van der Waals surface area contributed by atoms with Gasteiger partial charge in [-0.2, -0.15) is 0 Å². The Kier molecular flexibility index (Phi) is 7.68. The van der Waals surface area contributed by atoms with E-state index < -0.39 is 0 Å². The molecule has 0 saturated heterocycles. The molecule has 0 aliphatic carbocycles. The zero-order chi connectivity index (χ0) is 15.7. The van der Waals surface area contributed by atoms with Crippen LogP contribution in [0.3, 0.4) is 0 Å². The van der Waals surface area contributed by atoms with Gasteiger partial charge >= 0.3 is 0 Å². The van der Waals surface area contributed by atoms with Crippen LogP contribution in [0.5, 0.6) is 0 Å². The Balaban J connectivity index is 2.61. The number of likely N-dealkylation sites (N-methyl/N-ethyl adjacent to an activating group) is 1. The molecule has 1 N–H and O–H groups in total. The highest BCUT2D eigenvalue weighted by molar-refractivity contribution is 5.91. The van der Waals surface area contributed by atoms with E-state index in [4.69, 9.17) is 0 Å². The van der Waals surface area contributed by atoms with Gasteiger partial charge in [0.1, 0.15) is 11.5 Å². The smallest absolute Gasteiger partial charge is 0.271 e. The van der Waals surface area contributed by atoms with E-state index in [9.17, 15) is 4.79 Å². The first-order valence-electron chi connectivity index (χ1n) is 7.58. The van der Waals surface area contributed by atoms with Crippen LogP contribution in [0.25, 0.3) is 0 Å². The normalized spacial score (nSPS) is 10.7. The Morgan fingerprint density at radius 3 is 2.24 bits per heavy atom. The predicted molar refractivity (Wildman–Crippen MR) is 85.7 cm³/mol. The van der Waals surface area contributed by atoms with Gasteiger partial charge in [-0.25, -0.2) is 9.97 Å². The molecule has 0 fully saturated rings. The second-order valence-corrected chi connectivity index (χ2v) is 5.31. The number of carbonyl (C=O) groups excluding carboxylic acids is 1. The summed E-state index contributed by atoms with van der Waals surface area (Å²) in [5.74, 6) is 0.664. The van der Waals surface area contributed by atoms with Crippen molar-refractivity contribution in [2.45, 2.75) is 26.7 Å². The van der Waals surface area contributed by atoms with Gasteiger partial charge in [0.15, 0.2) is 0 Å². The van der Waals surface area contributed by atoms with Crippen molar-refractivity contribution < 1.29 is 4.79 Å². The highest BCUT2D eigenvalue weighted by atomic mass is 16.1. The topological polar surface area (TPSA) is 61.4 Å². The molecular formula is C15H27N5O. The van der Waals surface area contributed by atoms with Gasteiger partial charge in [-0.05, 0) is 26.9 Å². The summed E-state index contributed by atoms with van der Waals surface area (Å²) >= 11 is 0. The summed E-state index contributed by atoms with van der Waals surface area (Å²) in [4.78, 5) is 24.7. The number of hydrogen-bond acceptors (Lipinski definition) is 5. The Morgan fingerprint density at radius 2 is 1.76 bits per heavy atom. The molecule has 0 spiro atoms. The molecule has 1 aromatic rings. The number of nitrogens with one attached hydrogen (secondary N) is 1. The maximum Gasteiger partial charge on any atom is 0.271 e. The number of rotatable bonds is 9. The number of anilines is 1. The summed E-state index contributed by atoms with van der Waals surface area (Å²) < 4.78 is 0. The van der Waals surface area contributed by atoms with Crippen LogP contribution in [0.4, 0.5) is 5.82 Å². The van der Waals surface area contributed by atoms with Crippen LogP contribution in [0.1, 0.15) is 37.2 Å². The summed E-state index contributed by atoms with van der Waals surface area (Å²) in [6, 6.07) is 0. The first-order valence-corrected chi connectivity index (χ1v) is 7.58. The fourth-order valence-corrected chi connectivity index (χ4v) is 1.97. The quantitative estimate of drug-likeness (QED) is 0.745. The lowest BCUT2D eigenvalue weighted by Crippen LogP contribution is -2.32. The summed E-state index contributed by atoms with van der Waals surface area (Å²) in [7, 11) is 3.94. The number of hydrogen-bond donors (Lipinski definition) is 1. The number of nitrogens with zero attached hydrogens (tertiary/aromatic N) is 4. The van der Waals surface area contributed by atoms with Crippen LogP contribution in [-0.4, -0.2) is 61.0 Å². The van der Waals surface area contributed by atoms with Crippen molar-refractivity contribution in [1.29, 1.82) is 0 Å². The van der Waals surface area contributed by atoms with E-state index in [1.807, 2.05) is 19.0 Å². The van der Waals surface area contributed by atoms with E-state index in [1.54, 1.807) is 12.4 Å². The van der Waals surface area contributed by atoms with Crippen molar-refractivity contribution in [3.05, 3.63) is 18.1 Å². The molecule has 118 valence electrons. The molecule has 0 atom stereocenters. The summed E-state index contributed by atoms with van der Waals surface area (Å²) in [6.07, 6.45) is 5.37. The fourth-order valence-electron chi connectivity index (χ4n) is 1.97. The van der Waals surface area contributed by atoms with Crippen molar-refractivity contribution in [3.8, 4) is 0 Å². The molecule has 0 aliphatic heterocycles. The zero-order valence-electron chi connectivity index (χ0n) is 13.6. The predicted octanol–water partition coefficient (Wildman–Crippen LogP) is 1.39. The number of carbonyl (C=O) groups is 1. The minimum atomic E-state index is -0.173. The monoisotopic (exact) mass is 293 g/mol. The van der Waals surface area contributed by atoms with Gasteiger partial charge in [0.25, 0.3) is 5.91 Å². The van der Waals surface area contributed by atoms with E-state index in [-0.39, 0.29) is 5.91 Å². The van der Waals surface area contributed by atoms with E-state index in [0.29, 0.717) is 12.2 Å². The Morgan fingerprint density at radius 1 is 1.10 bits per heavy atom. The minimum absolute atomic E-state index is 0.173. The first kappa shape index (κ1) is 17.4. The van der Waals surface area contributed by atoms with Crippen LogP contribution >= 0.6 is 0 Å². The van der Waals surface area contributed by atoms with Crippen LogP contribution in [0.15, 0.2) is 12.4 Å². The molecule has 1 heterocycles. The van der Waals surface area contributed by atoms with Gasteiger partial charge in [0.05, 0.1) is 12.4 Å². The Labute approximate surface area is 127 Å². The van der Waals surface area contributed by atoms with Crippen molar-refractivity contribution in [2.75, 3.05) is 45.2 Å². The lowest BCUT2D eigenvalue weighted by Gasteiger charge is -2.22. The molecule has 0 bridgehead atoms. The highest BCUT2D eigenvalue weighted by Crippen LogP contribution is 2.10. The lowest BCUT2D eigenvalue weighted by molar-refractivity contribution is 0.0945. The molecule has 0 unspecified atom stereocenters. The van der Waals surface area contributed by atoms with Gasteiger partial charge in [0, 0.05) is 26.2 Å². The third-order valence-corrected chi connectivity index (χ3v) is 3.03. The van der Waals surface area contributed by atoms with Gasteiger partial charge in [-0.3, -0.25) is 4.79 Å². The largest absolute Gasteiger partial charge is 0.355 e. The average molecular weight is 293 g/mol. The molecule has 0 aromatic carbocycles. The molecule has 21 heavy (non-hydrogen) atoms.